The first-order valence-corrected chi connectivity index (χ1v) is 6.22. The van der Waals surface area contributed by atoms with E-state index in [2.05, 4.69) is 12.6 Å². The average Bonchev–Trinajstić information content (AvgIpc) is 2.60. The number of hydrogen-bond acceptors (Lipinski definition) is 3. The van der Waals surface area contributed by atoms with Gasteiger partial charge in [0.05, 0.1) is 5.56 Å². The molecule has 1 saturated carbocycles. The molecule has 4 heteroatoms. The first kappa shape index (κ1) is 11.9. The smallest absolute Gasteiger partial charge is 0.335 e. The largest absolute Gasteiger partial charge is 0.478 e. The number of benzene rings is 1. The van der Waals surface area contributed by atoms with Gasteiger partial charge in [-0.3, -0.25) is 0 Å². The fourth-order valence-corrected chi connectivity index (χ4v) is 3.27. The third kappa shape index (κ3) is 2.23. The van der Waals surface area contributed by atoms with Crippen LogP contribution in [0, 0.1) is 0 Å². The van der Waals surface area contributed by atoms with E-state index in [1.54, 1.807) is 12.1 Å². The van der Waals surface area contributed by atoms with Crippen molar-refractivity contribution in [2.45, 2.75) is 29.3 Å². The molecule has 1 aromatic carbocycles. The first-order valence-electron chi connectivity index (χ1n) is 5.25. The Balaban J connectivity index is 2.25. The first-order chi connectivity index (χ1) is 7.51. The maximum absolute atomic E-state index is 10.7. The van der Waals surface area contributed by atoms with Crippen molar-refractivity contribution in [3.8, 4) is 0 Å². The zero-order valence-corrected chi connectivity index (χ0v) is 10.5. The molecular formula is C12H14O2S2. The number of rotatable bonds is 2. The van der Waals surface area contributed by atoms with E-state index in [-0.39, 0.29) is 4.75 Å². The van der Waals surface area contributed by atoms with Gasteiger partial charge in [-0.2, -0.15) is 25.3 Å². The summed E-state index contributed by atoms with van der Waals surface area (Å²) in [6.07, 6.45) is 3.00. The molecule has 1 aromatic rings. The van der Waals surface area contributed by atoms with Crippen LogP contribution in [0.2, 0.25) is 0 Å². The van der Waals surface area contributed by atoms with Crippen molar-refractivity contribution < 1.29 is 9.90 Å². The monoisotopic (exact) mass is 254 g/mol. The average molecular weight is 254 g/mol. The van der Waals surface area contributed by atoms with E-state index in [0.717, 1.165) is 24.8 Å². The molecule has 0 amide bonds. The van der Waals surface area contributed by atoms with Crippen LogP contribution in [0.1, 0.15) is 35.2 Å². The Morgan fingerprint density at radius 3 is 2.44 bits per heavy atom. The number of hydrogen-bond donors (Lipinski definition) is 3. The Morgan fingerprint density at radius 1 is 1.38 bits per heavy atom. The highest BCUT2D eigenvalue weighted by molar-refractivity contribution is 7.82. The van der Waals surface area contributed by atoms with Crippen LogP contribution in [-0.4, -0.2) is 16.3 Å². The van der Waals surface area contributed by atoms with E-state index < -0.39 is 5.97 Å². The van der Waals surface area contributed by atoms with Gasteiger partial charge in [-0.05, 0) is 37.0 Å². The van der Waals surface area contributed by atoms with Gasteiger partial charge < -0.3 is 5.11 Å². The molecular weight excluding hydrogens is 240 g/mol. The normalized spacial score (nSPS) is 29.2. The third-order valence-corrected chi connectivity index (χ3v) is 4.24. The van der Waals surface area contributed by atoms with Crippen LogP contribution >= 0.6 is 25.3 Å². The predicted octanol–water partition coefficient (Wildman–Crippen LogP) is 2.99. The molecule has 2 nitrogen and oxygen atoms in total. The molecule has 0 bridgehead atoms. The quantitative estimate of drug-likeness (QED) is 0.710. The van der Waals surface area contributed by atoms with Crippen molar-refractivity contribution >= 4 is 31.2 Å². The lowest BCUT2D eigenvalue weighted by molar-refractivity contribution is 0.0697. The van der Waals surface area contributed by atoms with Gasteiger partial charge in [-0.15, -0.1) is 0 Å². The second kappa shape index (κ2) is 4.34. The lowest BCUT2D eigenvalue weighted by atomic mass is 9.95. The van der Waals surface area contributed by atoms with Crippen molar-refractivity contribution in [2.75, 3.05) is 0 Å². The fourth-order valence-electron chi connectivity index (χ4n) is 2.18. The van der Waals surface area contributed by atoms with Crippen molar-refractivity contribution in [1.82, 2.24) is 0 Å². The van der Waals surface area contributed by atoms with Crippen molar-refractivity contribution in [2.24, 2.45) is 0 Å². The molecule has 0 saturated heterocycles. The molecule has 2 rings (SSSR count). The van der Waals surface area contributed by atoms with E-state index in [0.29, 0.717) is 10.8 Å². The van der Waals surface area contributed by atoms with E-state index in [1.807, 2.05) is 12.1 Å². The lowest BCUT2D eigenvalue weighted by Gasteiger charge is -2.23. The van der Waals surface area contributed by atoms with E-state index in [4.69, 9.17) is 17.7 Å². The Bertz CT molecular complexity index is 402. The zero-order chi connectivity index (χ0) is 11.8. The molecule has 2 unspecified atom stereocenters. The second-order valence-corrected chi connectivity index (χ2v) is 5.90. The van der Waals surface area contributed by atoms with Crippen LogP contribution < -0.4 is 0 Å². The Kier molecular flexibility index (Phi) is 3.22. The number of carboxylic acid groups (broad SMARTS) is 1. The molecule has 0 aliphatic heterocycles. The Hall–Kier alpha value is -0.610. The van der Waals surface area contributed by atoms with Gasteiger partial charge in [-0.25, -0.2) is 4.79 Å². The molecule has 2 atom stereocenters. The van der Waals surface area contributed by atoms with Crippen LogP contribution in [-0.2, 0) is 4.75 Å². The summed E-state index contributed by atoms with van der Waals surface area (Å²) in [5.74, 6) is -0.891. The number of thiol groups is 2. The summed E-state index contributed by atoms with van der Waals surface area (Å²) in [5, 5.41) is 9.22. The summed E-state index contributed by atoms with van der Waals surface area (Å²) in [6, 6.07) is 7.01. The van der Waals surface area contributed by atoms with E-state index in [9.17, 15) is 4.79 Å². The molecule has 1 fully saturated rings. The summed E-state index contributed by atoms with van der Waals surface area (Å²) in [6.45, 7) is 0. The maximum Gasteiger partial charge on any atom is 0.335 e. The zero-order valence-electron chi connectivity index (χ0n) is 8.76. The summed E-state index contributed by atoms with van der Waals surface area (Å²) in [7, 11) is 0. The molecule has 16 heavy (non-hydrogen) atoms. The molecule has 0 spiro atoms. The van der Waals surface area contributed by atoms with Crippen molar-refractivity contribution in [3.05, 3.63) is 35.4 Å². The number of carbonyl (C=O) groups is 1. The molecule has 0 aromatic heterocycles. The fraction of sp³-hybridized carbons (Fsp3) is 0.417. The molecule has 1 N–H and O–H groups in total. The minimum atomic E-state index is -0.891. The molecule has 1 aliphatic carbocycles. The van der Waals surface area contributed by atoms with E-state index in [1.165, 1.54) is 0 Å². The minimum absolute atomic E-state index is 0.135. The van der Waals surface area contributed by atoms with E-state index >= 15 is 0 Å². The third-order valence-electron chi connectivity index (χ3n) is 3.13. The van der Waals surface area contributed by atoms with Gasteiger partial charge in [0.15, 0.2) is 0 Å². The van der Waals surface area contributed by atoms with Crippen molar-refractivity contribution in [3.63, 3.8) is 0 Å². The van der Waals surface area contributed by atoms with Crippen LogP contribution in [0.3, 0.4) is 0 Å². The Labute approximate surface area is 106 Å². The minimum Gasteiger partial charge on any atom is -0.478 e. The second-order valence-electron chi connectivity index (χ2n) is 4.31. The van der Waals surface area contributed by atoms with Gasteiger partial charge in [0.25, 0.3) is 0 Å². The van der Waals surface area contributed by atoms with Crippen LogP contribution in [0.5, 0.6) is 0 Å². The highest BCUT2D eigenvalue weighted by atomic mass is 32.1. The summed E-state index contributed by atoms with van der Waals surface area (Å²) < 4.78 is -0.135. The summed E-state index contributed by atoms with van der Waals surface area (Å²) >= 11 is 9.19. The standard InChI is InChI=1S/C12H14O2S2/c13-11(14)8-1-3-9(4-2-8)12(16)6-5-10(15)7-12/h1-4,10,15-16H,5-7H2,(H,13,14). The molecule has 0 heterocycles. The van der Waals surface area contributed by atoms with Crippen LogP contribution in [0.4, 0.5) is 0 Å². The van der Waals surface area contributed by atoms with Gasteiger partial charge in [0.2, 0.25) is 0 Å². The van der Waals surface area contributed by atoms with Crippen LogP contribution in [0.15, 0.2) is 24.3 Å². The van der Waals surface area contributed by atoms with Gasteiger partial charge in [-0.1, -0.05) is 12.1 Å². The topological polar surface area (TPSA) is 37.3 Å². The van der Waals surface area contributed by atoms with Gasteiger partial charge >= 0.3 is 5.97 Å². The maximum atomic E-state index is 10.7. The van der Waals surface area contributed by atoms with Crippen LogP contribution in [0.25, 0.3) is 0 Å². The lowest BCUT2D eigenvalue weighted by Crippen LogP contribution is -2.14. The summed E-state index contributed by atoms with van der Waals surface area (Å²) in [5.41, 5.74) is 1.42. The number of carboxylic acids is 1. The highest BCUT2D eigenvalue weighted by Gasteiger charge is 2.36. The predicted molar refractivity (Wildman–Crippen MR) is 70.7 cm³/mol. The Morgan fingerprint density at radius 2 is 2.00 bits per heavy atom. The number of aromatic carboxylic acids is 1. The highest BCUT2D eigenvalue weighted by Crippen LogP contribution is 2.45. The molecule has 0 radical (unpaired) electrons. The molecule has 86 valence electrons. The van der Waals surface area contributed by atoms with Gasteiger partial charge in [0, 0.05) is 10.00 Å². The SMILES string of the molecule is O=C(O)c1ccc(C2(S)CCC(S)C2)cc1. The summed E-state index contributed by atoms with van der Waals surface area (Å²) in [4.78, 5) is 10.7. The van der Waals surface area contributed by atoms with Gasteiger partial charge in [0.1, 0.15) is 0 Å². The molecule has 1 aliphatic rings. The van der Waals surface area contributed by atoms with Crippen molar-refractivity contribution in [1.29, 1.82) is 0 Å².